The molecule has 0 saturated carbocycles. The average molecular weight is 296 g/mol. The zero-order chi connectivity index (χ0) is 12.3. The van der Waals surface area contributed by atoms with Crippen LogP contribution in [0.2, 0.25) is 0 Å². The third-order valence-corrected chi connectivity index (χ3v) is 2.97. The van der Waals surface area contributed by atoms with Crippen LogP contribution in [0.25, 0.3) is 0 Å². The van der Waals surface area contributed by atoms with Crippen LogP contribution < -0.4 is 5.32 Å². The molecule has 0 spiro atoms. The highest BCUT2D eigenvalue weighted by Gasteiger charge is 2.04. The third kappa shape index (κ3) is 3.00. The molecule has 0 amide bonds. The molecule has 0 fully saturated rings. The first kappa shape index (κ1) is 12.0. The molecule has 0 aliphatic carbocycles. The summed E-state index contributed by atoms with van der Waals surface area (Å²) in [5.41, 5.74) is 2.73. The fourth-order valence-corrected chi connectivity index (χ4v) is 1.80. The third-order valence-electron chi connectivity index (χ3n) is 2.36. The molecule has 0 bridgehead atoms. The van der Waals surface area contributed by atoms with Crippen LogP contribution in [-0.2, 0) is 6.54 Å². The Morgan fingerprint density at radius 3 is 2.71 bits per heavy atom. The van der Waals surface area contributed by atoms with Gasteiger partial charge in [-0.05, 0) is 40.5 Å². The van der Waals surface area contributed by atoms with E-state index in [-0.39, 0.29) is 5.82 Å². The molecule has 17 heavy (non-hydrogen) atoms. The van der Waals surface area contributed by atoms with E-state index in [1.165, 1.54) is 12.4 Å². The second-order valence-corrected chi connectivity index (χ2v) is 4.54. The summed E-state index contributed by atoms with van der Waals surface area (Å²) in [6.07, 6.45) is 4.98. The average Bonchev–Trinajstić information content (AvgIpc) is 2.33. The quantitative estimate of drug-likeness (QED) is 0.944. The Balaban J connectivity index is 2.12. The Hall–Kier alpha value is -1.49. The van der Waals surface area contributed by atoms with E-state index in [0.29, 0.717) is 11.0 Å². The van der Waals surface area contributed by atoms with Crippen LogP contribution in [0.1, 0.15) is 11.1 Å². The first-order chi connectivity index (χ1) is 8.16. The summed E-state index contributed by atoms with van der Waals surface area (Å²) in [6, 6.07) is 3.22. The van der Waals surface area contributed by atoms with Crippen LogP contribution in [0.15, 0.2) is 35.3 Å². The van der Waals surface area contributed by atoms with Crippen LogP contribution >= 0.6 is 15.9 Å². The van der Waals surface area contributed by atoms with Gasteiger partial charge in [0.15, 0.2) is 0 Å². The van der Waals surface area contributed by atoms with Gasteiger partial charge in [0, 0.05) is 30.2 Å². The molecular formula is C12H11BrFN3. The number of aromatic nitrogens is 2. The number of nitrogens with one attached hydrogen (secondary N) is 1. The summed E-state index contributed by atoms with van der Waals surface area (Å²) in [7, 11) is 0. The van der Waals surface area contributed by atoms with Gasteiger partial charge >= 0.3 is 0 Å². The largest absolute Gasteiger partial charge is 0.381 e. The SMILES string of the molecule is Cc1cc(F)c(Br)cc1NCc1cncnc1. The van der Waals surface area contributed by atoms with Crippen molar-refractivity contribution < 1.29 is 4.39 Å². The molecule has 0 aliphatic heterocycles. The fourth-order valence-electron chi connectivity index (χ4n) is 1.46. The summed E-state index contributed by atoms with van der Waals surface area (Å²) >= 11 is 3.17. The number of aryl methyl sites for hydroxylation is 1. The molecular weight excluding hydrogens is 285 g/mol. The van der Waals surface area contributed by atoms with Gasteiger partial charge in [-0.1, -0.05) is 0 Å². The molecule has 0 atom stereocenters. The van der Waals surface area contributed by atoms with Crippen LogP contribution in [0.5, 0.6) is 0 Å². The normalized spacial score (nSPS) is 10.3. The number of nitrogens with zero attached hydrogens (tertiary/aromatic N) is 2. The zero-order valence-corrected chi connectivity index (χ0v) is 10.8. The molecule has 88 valence electrons. The van der Waals surface area contributed by atoms with Crippen LogP contribution in [0, 0.1) is 12.7 Å². The maximum atomic E-state index is 13.2. The van der Waals surface area contributed by atoms with Crippen molar-refractivity contribution in [2.24, 2.45) is 0 Å². The number of hydrogen-bond donors (Lipinski definition) is 1. The van der Waals surface area contributed by atoms with E-state index in [9.17, 15) is 4.39 Å². The van der Waals surface area contributed by atoms with Gasteiger partial charge in [-0.3, -0.25) is 0 Å². The van der Waals surface area contributed by atoms with Crippen LogP contribution in [0.3, 0.4) is 0 Å². The van der Waals surface area contributed by atoms with E-state index < -0.39 is 0 Å². The minimum absolute atomic E-state index is 0.254. The van der Waals surface area contributed by atoms with Crippen molar-refractivity contribution >= 4 is 21.6 Å². The van der Waals surface area contributed by atoms with Crippen molar-refractivity contribution in [2.45, 2.75) is 13.5 Å². The van der Waals surface area contributed by atoms with E-state index in [2.05, 4.69) is 31.2 Å². The highest BCUT2D eigenvalue weighted by Crippen LogP contribution is 2.24. The molecule has 0 aliphatic rings. The molecule has 0 unspecified atom stereocenters. The lowest BCUT2D eigenvalue weighted by atomic mass is 10.2. The number of benzene rings is 1. The van der Waals surface area contributed by atoms with Gasteiger partial charge in [-0.15, -0.1) is 0 Å². The summed E-state index contributed by atoms with van der Waals surface area (Å²) in [6.45, 7) is 2.47. The van der Waals surface area contributed by atoms with Crippen molar-refractivity contribution in [2.75, 3.05) is 5.32 Å². The van der Waals surface area contributed by atoms with Gasteiger partial charge in [0.1, 0.15) is 12.1 Å². The van der Waals surface area contributed by atoms with Gasteiger partial charge in [0.2, 0.25) is 0 Å². The summed E-state index contributed by atoms with van der Waals surface area (Å²) in [4.78, 5) is 7.86. The van der Waals surface area contributed by atoms with Crippen molar-refractivity contribution in [3.63, 3.8) is 0 Å². The second-order valence-electron chi connectivity index (χ2n) is 3.68. The smallest absolute Gasteiger partial charge is 0.137 e. The molecule has 1 aromatic carbocycles. The molecule has 3 nitrogen and oxygen atoms in total. The predicted molar refractivity (Wildman–Crippen MR) is 68.2 cm³/mol. The summed E-state index contributed by atoms with van der Waals surface area (Å²) in [5, 5.41) is 3.22. The van der Waals surface area contributed by atoms with Crippen molar-refractivity contribution in [1.82, 2.24) is 9.97 Å². The van der Waals surface area contributed by atoms with Gasteiger partial charge in [-0.25, -0.2) is 14.4 Å². The molecule has 1 N–H and O–H groups in total. The monoisotopic (exact) mass is 295 g/mol. The van der Waals surface area contributed by atoms with Gasteiger partial charge < -0.3 is 5.32 Å². The number of rotatable bonds is 3. The van der Waals surface area contributed by atoms with Gasteiger partial charge in [-0.2, -0.15) is 0 Å². The molecule has 5 heteroatoms. The first-order valence-electron chi connectivity index (χ1n) is 5.10. The van der Waals surface area contributed by atoms with E-state index in [1.807, 2.05) is 6.92 Å². The minimum Gasteiger partial charge on any atom is -0.381 e. The highest BCUT2D eigenvalue weighted by molar-refractivity contribution is 9.10. The Kier molecular flexibility index (Phi) is 3.68. The summed E-state index contributed by atoms with van der Waals surface area (Å²) in [5.74, 6) is -0.254. The predicted octanol–water partition coefficient (Wildman–Crippen LogP) is 3.30. The molecule has 1 aromatic heterocycles. The highest BCUT2D eigenvalue weighted by atomic mass is 79.9. The lowest BCUT2D eigenvalue weighted by Crippen LogP contribution is -2.02. The minimum atomic E-state index is -0.254. The topological polar surface area (TPSA) is 37.8 Å². The Bertz CT molecular complexity index is 517. The molecule has 2 rings (SSSR count). The summed E-state index contributed by atoms with van der Waals surface area (Å²) < 4.78 is 13.7. The first-order valence-corrected chi connectivity index (χ1v) is 5.89. The lowest BCUT2D eigenvalue weighted by Gasteiger charge is -2.10. The zero-order valence-electron chi connectivity index (χ0n) is 9.24. The van der Waals surface area contributed by atoms with Gasteiger partial charge in [0.05, 0.1) is 4.47 Å². The molecule has 1 heterocycles. The second kappa shape index (κ2) is 5.23. The van der Waals surface area contributed by atoms with Crippen molar-refractivity contribution in [3.05, 3.63) is 52.3 Å². The number of hydrogen-bond acceptors (Lipinski definition) is 3. The molecule has 0 radical (unpaired) electrons. The fraction of sp³-hybridized carbons (Fsp3) is 0.167. The Morgan fingerprint density at radius 2 is 2.00 bits per heavy atom. The van der Waals surface area contributed by atoms with E-state index in [0.717, 1.165) is 16.8 Å². The lowest BCUT2D eigenvalue weighted by molar-refractivity contribution is 0.620. The van der Waals surface area contributed by atoms with Gasteiger partial charge in [0.25, 0.3) is 0 Å². The molecule has 2 aromatic rings. The van der Waals surface area contributed by atoms with E-state index >= 15 is 0 Å². The maximum absolute atomic E-state index is 13.2. The standard InChI is InChI=1S/C12H11BrFN3/c1-8-2-11(14)10(13)3-12(8)17-6-9-4-15-7-16-5-9/h2-5,7,17H,6H2,1H3. The van der Waals surface area contributed by atoms with Crippen molar-refractivity contribution in [1.29, 1.82) is 0 Å². The van der Waals surface area contributed by atoms with E-state index in [1.54, 1.807) is 18.5 Å². The van der Waals surface area contributed by atoms with Crippen LogP contribution in [-0.4, -0.2) is 9.97 Å². The van der Waals surface area contributed by atoms with E-state index in [4.69, 9.17) is 0 Å². The van der Waals surface area contributed by atoms with Crippen molar-refractivity contribution in [3.8, 4) is 0 Å². The number of halogens is 2. The maximum Gasteiger partial charge on any atom is 0.137 e. The number of anilines is 1. The van der Waals surface area contributed by atoms with Crippen LogP contribution in [0.4, 0.5) is 10.1 Å². The molecule has 0 saturated heterocycles. The Labute approximate surface area is 107 Å². The Morgan fingerprint density at radius 1 is 1.29 bits per heavy atom.